The maximum Gasteiger partial charge on any atom is 0.0897 e. The second-order valence-electron chi connectivity index (χ2n) is 7.97. The molecule has 3 rings (SSSR count). The molecule has 1 fully saturated rings. The van der Waals surface area contributed by atoms with Crippen LogP contribution < -0.4 is 0 Å². The van der Waals surface area contributed by atoms with Crippen LogP contribution in [0.4, 0.5) is 0 Å². The first-order valence-corrected chi connectivity index (χ1v) is 8.93. The van der Waals surface area contributed by atoms with E-state index in [4.69, 9.17) is 4.74 Å². The number of ether oxygens (including phenoxy) is 1. The van der Waals surface area contributed by atoms with E-state index in [1.807, 2.05) is 0 Å². The van der Waals surface area contributed by atoms with Crippen LogP contribution >= 0.6 is 0 Å². The fourth-order valence-corrected chi connectivity index (χ4v) is 4.08. The third-order valence-electron chi connectivity index (χ3n) is 5.79. The molecule has 0 aromatic heterocycles. The number of fused-ring (bicyclic) bond motifs is 2. The van der Waals surface area contributed by atoms with Gasteiger partial charge in [0.1, 0.15) is 0 Å². The van der Waals surface area contributed by atoms with Gasteiger partial charge in [-0.05, 0) is 65.4 Å². The van der Waals surface area contributed by atoms with Gasteiger partial charge in [0.25, 0.3) is 0 Å². The third-order valence-corrected chi connectivity index (χ3v) is 5.79. The zero-order chi connectivity index (χ0) is 16.6. The van der Waals surface area contributed by atoms with E-state index in [0.29, 0.717) is 11.8 Å². The second kappa shape index (κ2) is 6.28. The molecule has 2 bridgehead atoms. The van der Waals surface area contributed by atoms with Crippen molar-refractivity contribution in [2.24, 2.45) is 11.8 Å². The van der Waals surface area contributed by atoms with Crippen LogP contribution in [0.2, 0.25) is 0 Å². The van der Waals surface area contributed by atoms with Gasteiger partial charge in [-0.3, -0.25) is 0 Å². The molecule has 124 valence electrons. The molecule has 0 N–H and O–H groups in total. The summed E-state index contributed by atoms with van der Waals surface area (Å²) in [5, 5.41) is 0. The highest BCUT2D eigenvalue weighted by Gasteiger charge is 2.47. The van der Waals surface area contributed by atoms with E-state index in [1.165, 1.54) is 28.7 Å². The van der Waals surface area contributed by atoms with Gasteiger partial charge >= 0.3 is 0 Å². The van der Waals surface area contributed by atoms with Crippen molar-refractivity contribution >= 4 is 0 Å². The molecular weight excluding hydrogens is 280 g/mol. The molecule has 1 aromatic carbocycles. The molecule has 0 saturated carbocycles. The Hall–Kier alpha value is -1.34. The lowest BCUT2D eigenvalue weighted by atomic mass is 9.67. The Labute approximate surface area is 141 Å². The molecule has 1 aliphatic carbocycles. The molecule has 1 aliphatic heterocycles. The van der Waals surface area contributed by atoms with E-state index in [2.05, 4.69) is 71.0 Å². The van der Waals surface area contributed by atoms with Gasteiger partial charge in [-0.1, -0.05) is 53.1 Å². The Balaban J connectivity index is 1.94. The predicted octanol–water partition coefficient (Wildman–Crippen LogP) is 6.15. The Bertz CT molecular complexity index is 618. The van der Waals surface area contributed by atoms with Crippen molar-refractivity contribution in [1.29, 1.82) is 0 Å². The Morgan fingerprint density at radius 2 is 1.91 bits per heavy atom. The highest BCUT2D eigenvalue weighted by molar-refractivity contribution is 5.28. The number of benzene rings is 1. The highest BCUT2D eigenvalue weighted by atomic mass is 16.5. The Kier molecular flexibility index (Phi) is 4.51. The van der Waals surface area contributed by atoms with Gasteiger partial charge in [-0.2, -0.15) is 0 Å². The number of aryl methyl sites for hydroxylation is 1. The molecule has 0 unspecified atom stereocenters. The fourth-order valence-electron chi connectivity index (χ4n) is 4.08. The van der Waals surface area contributed by atoms with Crippen molar-refractivity contribution in [3.05, 3.63) is 58.7 Å². The lowest BCUT2D eigenvalue weighted by Crippen LogP contribution is -2.47. The molecule has 1 nitrogen and oxygen atoms in total. The largest absolute Gasteiger partial charge is 0.366 e. The van der Waals surface area contributed by atoms with Gasteiger partial charge in [-0.25, -0.2) is 0 Å². The van der Waals surface area contributed by atoms with Crippen LogP contribution in [0.15, 0.2) is 47.6 Å². The molecule has 0 radical (unpaired) electrons. The first-order chi connectivity index (χ1) is 10.9. The van der Waals surface area contributed by atoms with Crippen molar-refractivity contribution in [3.63, 3.8) is 0 Å². The van der Waals surface area contributed by atoms with Gasteiger partial charge in [0, 0.05) is 5.92 Å². The highest BCUT2D eigenvalue weighted by Crippen LogP contribution is 2.52. The maximum absolute atomic E-state index is 6.80. The Morgan fingerprint density at radius 3 is 2.57 bits per heavy atom. The van der Waals surface area contributed by atoms with Gasteiger partial charge < -0.3 is 4.74 Å². The summed E-state index contributed by atoms with van der Waals surface area (Å²) in [6.07, 6.45) is 8.44. The van der Waals surface area contributed by atoms with Crippen molar-refractivity contribution in [1.82, 2.24) is 0 Å². The normalized spacial score (nSPS) is 33.1. The fraction of sp³-hybridized carbons (Fsp3) is 0.545. The van der Waals surface area contributed by atoms with E-state index in [9.17, 15) is 0 Å². The standard InChI is InChI=1S/C22H30O/c1-15(2)12-13-22(5)19-11-8-17(4)20(14-19)21(23-22)18-9-6-16(3)7-10-18/h6-10,12,19-21H,11,13-14H2,1-5H3/t19-,20+,21-,22+/m0/s1. The second-order valence-corrected chi connectivity index (χ2v) is 7.97. The van der Waals surface area contributed by atoms with E-state index in [0.717, 1.165) is 12.8 Å². The lowest BCUT2D eigenvalue weighted by molar-refractivity contribution is -0.175. The van der Waals surface area contributed by atoms with E-state index >= 15 is 0 Å². The molecule has 1 heterocycles. The minimum Gasteiger partial charge on any atom is -0.366 e. The first-order valence-electron chi connectivity index (χ1n) is 8.93. The summed E-state index contributed by atoms with van der Waals surface area (Å²) >= 11 is 0. The van der Waals surface area contributed by atoms with Crippen LogP contribution in [0.25, 0.3) is 0 Å². The van der Waals surface area contributed by atoms with Crippen molar-refractivity contribution in [2.75, 3.05) is 0 Å². The number of hydrogen-bond acceptors (Lipinski definition) is 1. The lowest BCUT2D eigenvalue weighted by Gasteiger charge is -2.51. The van der Waals surface area contributed by atoms with Crippen LogP contribution in [-0.2, 0) is 4.74 Å². The summed E-state index contributed by atoms with van der Waals surface area (Å²) < 4.78 is 6.80. The number of rotatable bonds is 3. The molecule has 23 heavy (non-hydrogen) atoms. The summed E-state index contributed by atoms with van der Waals surface area (Å²) in [7, 11) is 0. The zero-order valence-electron chi connectivity index (χ0n) is 15.2. The summed E-state index contributed by atoms with van der Waals surface area (Å²) in [6.45, 7) is 11.1. The van der Waals surface area contributed by atoms with E-state index < -0.39 is 0 Å². The van der Waals surface area contributed by atoms with Gasteiger partial charge in [-0.15, -0.1) is 0 Å². The van der Waals surface area contributed by atoms with Gasteiger partial charge in [0.05, 0.1) is 11.7 Å². The summed E-state index contributed by atoms with van der Waals surface area (Å²) in [5.74, 6) is 1.17. The van der Waals surface area contributed by atoms with E-state index in [1.54, 1.807) is 0 Å². The van der Waals surface area contributed by atoms with Gasteiger partial charge in [0.2, 0.25) is 0 Å². The van der Waals surface area contributed by atoms with Crippen LogP contribution in [0.1, 0.15) is 64.2 Å². The van der Waals surface area contributed by atoms with Crippen molar-refractivity contribution in [2.45, 2.75) is 65.6 Å². The zero-order valence-corrected chi connectivity index (χ0v) is 15.2. The average Bonchev–Trinajstić information content (AvgIpc) is 2.52. The van der Waals surface area contributed by atoms with Gasteiger partial charge in [0.15, 0.2) is 0 Å². The van der Waals surface area contributed by atoms with E-state index in [-0.39, 0.29) is 11.7 Å². The summed E-state index contributed by atoms with van der Waals surface area (Å²) in [6, 6.07) is 8.92. The van der Waals surface area contributed by atoms with Crippen LogP contribution in [0.5, 0.6) is 0 Å². The monoisotopic (exact) mass is 310 g/mol. The first kappa shape index (κ1) is 16.5. The summed E-state index contributed by atoms with van der Waals surface area (Å²) in [4.78, 5) is 0. The third kappa shape index (κ3) is 3.30. The topological polar surface area (TPSA) is 9.23 Å². The maximum atomic E-state index is 6.80. The van der Waals surface area contributed by atoms with Crippen LogP contribution in [0.3, 0.4) is 0 Å². The number of hydrogen-bond donors (Lipinski definition) is 0. The molecule has 1 heteroatoms. The molecule has 1 aromatic rings. The van der Waals surface area contributed by atoms with Crippen molar-refractivity contribution in [3.8, 4) is 0 Å². The minimum atomic E-state index is -0.0550. The molecule has 1 saturated heterocycles. The molecule has 0 spiro atoms. The smallest absolute Gasteiger partial charge is 0.0897 e. The van der Waals surface area contributed by atoms with Crippen LogP contribution in [0, 0.1) is 18.8 Å². The number of allylic oxidation sites excluding steroid dienone is 2. The molecule has 4 atom stereocenters. The average molecular weight is 310 g/mol. The Morgan fingerprint density at radius 1 is 1.22 bits per heavy atom. The van der Waals surface area contributed by atoms with Crippen molar-refractivity contribution < 1.29 is 4.74 Å². The SMILES string of the molecule is CC(C)=CC[C@@]1(C)O[C@@H](c2ccc(C)cc2)[C@@H]2C[C@@H]1CC=C2C. The molecule has 2 aliphatic rings. The predicted molar refractivity (Wildman–Crippen MR) is 97.4 cm³/mol. The quantitative estimate of drug-likeness (QED) is 0.608. The minimum absolute atomic E-state index is 0.0550. The molecular formula is C22H30O. The van der Waals surface area contributed by atoms with Crippen LogP contribution in [-0.4, -0.2) is 5.60 Å². The molecule has 0 amide bonds. The summed E-state index contributed by atoms with van der Waals surface area (Å²) in [5.41, 5.74) is 5.48.